The Labute approximate surface area is 172 Å². The third kappa shape index (κ3) is 4.63. The lowest BCUT2D eigenvalue weighted by Gasteiger charge is -2.38. The number of fused-ring (bicyclic) bond motifs is 1. The molecule has 2 heterocycles. The predicted molar refractivity (Wildman–Crippen MR) is 111 cm³/mol. The molecule has 2 amide bonds. The van der Waals surface area contributed by atoms with Crippen LogP contribution in [-0.2, 0) is 16.0 Å². The van der Waals surface area contributed by atoms with Crippen molar-refractivity contribution in [2.45, 2.75) is 57.9 Å². The van der Waals surface area contributed by atoms with Crippen LogP contribution in [0.2, 0.25) is 0 Å². The molecule has 2 fully saturated rings. The zero-order valence-corrected chi connectivity index (χ0v) is 17.3. The highest BCUT2D eigenvalue weighted by Crippen LogP contribution is 2.32. The number of piperidine rings is 1. The van der Waals surface area contributed by atoms with Crippen LogP contribution in [0.3, 0.4) is 0 Å². The summed E-state index contributed by atoms with van der Waals surface area (Å²) in [6.07, 6.45) is 6.96. The van der Waals surface area contributed by atoms with Crippen molar-refractivity contribution >= 4 is 17.5 Å². The summed E-state index contributed by atoms with van der Waals surface area (Å²) in [6, 6.07) is 4.89. The first-order valence-electron chi connectivity index (χ1n) is 11.1. The Morgan fingerprint density at radius 1 is 1.14 bits per heavy atom. The van der Waals surface area contributed by atoms with Gasteiger partial charge in [0, 0.05) is 24.2 Å². The van der Waals surface area contributed by atoms with Crippen LogP contribution in [0.15, 0.2) is 18.2 Å². The van der Waals surface area contributed by atoms with E-state index in [0.29, 0.717) is 12.5 Å². The van der Waals surface area contributed by atoms with Gasteiger partial charge in [-0.15, -0.1) is 0 Å². The number of amides is 2. The van der Waals surface area contributed by atoms with Gasteiger partial charge < -0.3 is 10.2 Å². The molecule has 1 aromatic carbocycles. The zero-order valence-electron chi connectivity index (χ0n) is 17.3. The van der Waals surface area contributed by atoms with Gasteiger partial charge in [-0.3, -0.25) is 14.5 Å². The Morgan fingerprint density at radius 3 is 2.59 bits per heavy atom. The molecule has 1 N–H and O–H groups in total. The number of hydrogen-bond donors (Lipinski definition) is 1. The number of benzene rings is 1. The fourth-order valence-electron chi connectivity index (χ4n) is 4.78. The third-order valence-corrected chi connectivity index (χ3v) is 6.95. The molecule has 1 atom stereocenters. The topological polar surface area (TPSA) is 52.7 Å². The van der Waals surface area contributed by atoms with Crippen LogP contribution in [0, 0.1) is 17.7 Å². The third-order valence-electron chi connectivity index (χ3n) is 6.95. The van der Waals surface area contributed by atoms with Crippen molar-refractivity contribution in [3.8, 4) is 0 Å². The normalized spacial score (nSPS) is 23.4. The molecule has 0 spiro atoms. The van der Waals surface area contributed by atoms with E-state index in [-0.39, 0.29) is 29.6 Å². The van der Waals surface area contributed by atoms with E-state index in [1.165, 1.54) is 12.5 Å². The first-order valence-corrected chi connectivity index (χ1v) is 11.1. The van der Waals surface area contributed by atoms with Crippen LogP contribution in [0.25, 0.3) is 0 Å². The highest BCUT2D eigenvalue weighted by Gasteiger charge is 2.31. The molecule has 0 bridgehead atoms. The number of anilines is 1. The molecule has 5 nitrogen and oxygen atoms in total. The SMILES string of the molecule is CC1CCc2cc(F)ccc2N1C(=O)CN1CCC(CNC(=O)C2CCC2)CC1. The Balaban J connectivity index is 1.27. The molecule has 1 unspecified atom stereocenters. The number of nitrogens with zero attached hydrogens (tertiary/aromatic N) is 2. The van der Waals surface area contributed by atoms with Gasteiger partial charge in [-0.2, -0.15) is 0 Å². The van der Waals surface area contributed by atoms with Crippen LogP contribution in [-0.4, -0.2) is 48.9 Å². The highest BCUT2D eigenvalue weighted by atomic mass is 19.1. The molecule has 0 aromatic heterocycles. The largest absolute Gasteiger partial charge is 0.356 e. The number of likely N-dealkylation sites (tertiary alicyclic amines) is 1. The van der Waals surface area contributed by atoms with Crippen molar-refractivity contribution in [3.05, 3.63) is 29.6 Å². The second-order valence-electron chi connectivity index (χ2n) is 9.02. The molecule has 1 saturated heterocycles. The van der Waals surface area contributed by atoms with Gasteiger partial charge in [-0.05, 0) is 88.2 Å². The Hall–Kier alpha value is -1.95. The van der Waals surface area contributed by atoms with E-state index in [0.717, 1.165) is 69.4 Å². The summed E-state index contributed by atoms with van der Waals surface area (Å²) in [5.74, 6) is 0.834. The number of rotatable bonds is 5. The van der Waals surface area contributed by atoms with Gasteiger partial charge >= 0.3 is 0 Å². The van der Waals surface area contributed by atoms with Crippen molar-refractivity contribution in [2.24, 2.45) is 11.8 Å². The maximum Gasteiger partial charge on any atom is 0.241 e. The van der Waals surface area contributed by atoms with Crippen LogP contribution < -0.4 is 10.2 Å². The lowest BCUT2D eigenvalue weighted by Crippen LogP contribution is -2.49. The first kappa shape index (κ1) is 20.3. The average Bonchev–Trinajstić information content (AvgIpc) is 2.66. The lowest BCUT2D eigenvalue weighted by atomic mass is 9.84. The van der Waals surface area contributed by atoms with Gasteiger partial charge in [-0.1, -0.05) is 6.42 Å². The van der Waals surface area contributed by atoms with Crippen LogP contribution >= 0.6 is 0 Å². The zero-order chi connectivity index (χ0) is 20.4. The van der Waals surface area contributed by atoms with Gasteiger partial charge in [0.1, 0.15) is 5.82 Å². The van der Waals surface area contributed by atoms with Crippen LogP contribution in [0.4, 0.5) is 10.1 Å². The standard InChI is InChI=1S/C23H32FN3O2/c1-16-5-6-19-13-20(24)7-8-21(19)27(16)22(28)15-26-11-9-17(10-12-26)14-25-23(29)18-3-2-4-18/h7-8,13,16-18H,2-6,9-12,14-15H2,1H3,(H,25,29). The minimum atomic E-state index is -0.239. The Morgan fingerprint density at radius 2 is 1.90 bits per heavy atom. The minimum absolute atomic E-state index is 0.0989. The van der Waals surface area contributed by atoms with Crippen molar-refractivity contribution in [3.63, 3.8) is 0 Å². The van der Waals surface area contributed by atoms with Gasteiger partial charge in [0.05, 0.1) is 6.54 Å². The molecule has 1 saturated carbocycles. The first-order chi connectivity index (χ1) is 14.0. The summed E-state index contributed by atoms with van der Waals surface area (Å²) in [4.78, 5) is 29.2. The van der Waals surface area contributed by atoms with E-state index < -0.39 is 0 Å². The summed E-state index contributed by atoms with van der Waals surface area (Å²) in [7, 11) is 0. The van der Waals surface area contributed by atoms with Gasteiger partial charge in [-0.25, -0.2) is 4.39 Å². The van der Waals surface area contributed by atoms with Crippen LogP contribution in [0.1, 0.15) is 51.0 Å². The van der Waals surface area contributed by atoms with E-state index in [1.807, 2.05) is 4.90 Å². The number of carbonyl (C=O) groups is 2. The van der Waals surface area contributed by atoms with E-state index >= 15 is 0 Å². The van der Waals surface area contributed by atoms with Crippen molar-refractivity contribution in [1.82, 2.24) is 10.2 Å². The monoisotopic (exact) mass is 401 g/mol. The van der Waals surface area contributed by atoms with E-state index in [9.17, 15) is 14.0 Å². The van der Waals surface area contributed by atoms with Crippen molar-refractivity contribution in [1.29, 1.82) is 0 Å². The van der Waals surface area contributed by atoms with E-state index in [4.69, 9.17) is 0 Å². The molecule has 3 aliphatic rings. The molecule has 0 radical (unpaired) electrons. The molecular weight excluding hydrogens is 369 g/mol. The molecule has 158 valence electrons. The second kappa shape index (κ2) is 8.82. The summed E-state index contributed by atoms with van der Waals surface area (Å²) in [5.41, 5.74) is 1.79. The summed E-state index contributed by atoms with van der Waals surface area (Å²) in [5, 5.41) is 3.12. The molecule has 1 aromatic rings. The molecule has 1 aliphatic carbocycles. The number of carbonyl (C=O) groups excluding carboxylic acids is 2. The smallest absolute Gasteiger partial charge is 0.241 e. The number of aryl methyl sites for hydroxylation is 1. The van der Waals surface area contributed by atoms with E-state index in [2.05, 4.69) is 17.1 Å². The van der Waals surface area contributed by atoms with E-state index in [1.54, 1.807) is 12.1 Å². The van der Waals surface area contributed by atoms with Crippen molar-refractivity contribution < 1.29 is 14.0 Å². The molecule has 4 rings (SSSR count). The molecule has 2 aliphatic heterocycles. The number of nitrogens with one attached hydrogen (secondary N) is 1. The summed E-state index contributed by atoms with van der Waals surface area (Å²) < 4.78 is 13.6. The minimum Gasteiger partial charge on any atom is -0.356 e. The number of hydrogen-bond acceptors (Lipinski definition) is 3. The summed E-state index contributed by atoms with van der Waals surface area (Å²) in [6.45, 7) is 5.01. The van der Waals surface area contributed by atoms with Crippen LogP contribution in [0.5, 0.6) is 0 Å². The average molecular weight is 402 g/mol. The highest BCUT2D eigenvalue weighted by molar-refractivity contribution is 5.96. The maximum atomic E-state index is 13.6. The number of halogens is 1. The molecule has 29 heavy (non-hydrogen) atoms. The lowest BCUT2D eigenvalue weighted by molar-refractivity contribution is -0.127. The fourth-order valence-corrected chi connectivity index (χ4v) is 4.78. The molecular formula is C23H32FN3O2. The quantitative estimate of drug-likeness (QED) is 0.825. The van der Waals surface area contributed by atoms with Gasteiger partial charge in [0.15, 0.2) is 0 Å². The second-order valence-corrected chi connectivity index (χ2v) is 9.02. The van der Waals surface area contributed by atoms with Gasteiger partial charge in [0.2, 0.25) is 11.8 Å². The van der Waals surface area contributed by atoms with Gasteiger partial charge in [0.25, 0.3) is 0 Å². The maximum absolute atomic E-state index is 13.6. The predicted octanol–water partition coefficient (Wildman–Crippen LogP) is 3.12. The fraction of sp³-hybridized carbons (Fsp3) is 0.652. The molecule has 6 heteroatoms. The summed E-state index contributed by atoms with van der Waals surface area (Å²) >= 11 is 0. The Kier molecular flexibility index (Phi) is 6.18. The van der Waals surface area contributed by atoms with Crippen molar-refractivity contribution in [2.75, 3.05) is 31.1 Å². The Bertz CT molecular complexity index is 756.